The number of ether oxygens (including phenoxy) is 2. The smallest absolute Gasteiger partial charge is 0.411 e. The number of amides is 3. The quantitative estimate of drug-likeness (QED) is 0.496. The van der Waals surface area contributed by atoms with Gasteiger partial charge in [0.2, 0.25) is 5.91 Å². The summed E-state index contributed by atoms with van der Waals surface area (Å²) in [6.45, 7) is 0.253. The number of para-hydroxylation sites is 1. The van der Waals surface area contributed by atoms with E-state index in [4.69, 9.17) is 9.47 Å². The number of benzene rings is 3. The van der Waals surface area contributed by atoms with Crippen molar-refractivity contribution in [3.8, 4) is 5.75 Å². The molecule has 2 fully saturated rings. The van der Waals surface area contributed by atoms with Gasteiger partial charge in [-0.25, -0.2) is 4.79 Å². The van der Waals surface area contributed by atoms with Crippen LogP contribution in [-0.2, 0) is 16.1 Å². The summed E-state index contributed by atoms with van der Waals surface area (Å²) in [5.41, 5.74) is 2.43. The normalized spacial score (nSPS) is 18.9. The summed E-state index contributed by atoms with van der Waals surface area (Å²) in [4.78, 5) is 40.6. The van der Waals surface area contributed by atoms with Gasteiger partial charge in [0.05, 0.1) is 19.2 Å². The van der Waals surface area contributed by atoms with Crippen molar-refractivity contribution < 1.29 is 23.9 Å². The largest absolute Gasteiger partial charge is 0.496 e. The van der Waals surface area contributed by atoms with E-state index in [-0.39, 0.29) is 24.4 Å². The van der Waals surface area contributed by atoms with Gasteiger partial charge in [-0.05, 0) is 48.2 Å². The van der Waals surface area contributed by atoms with Crippen LogP contribution < -0.4 is 15.4 Å². The Labute approximate surface area is 209 Å². The van der Waals surface area contributed by atoms with Crippen molar-refractivity contribution in [2.75, 3.05) is 12.4 Å². The van der Waals surface area contributed by atoms with Gasteiger partial charge >= 0.3 is 6.09 Å². The number of carbonyl (C=O) groups is 3. The minimum atomic E-state index is -0.835. The second-order valence-electron chi connectivity index (χ2n) is 8.93. The summed E-state index contributed by atoms with van der Waals surface area (Å²) in [7, 11) is 1.51. The lowest BCUT2D eigenvalue weighted by atomic mass is 10.00. The molecule has 0 aromatic heterocycles. The molecule has 1 saturated carbocycles. The Kier molecular flexibility index (Phi) is 6.58. The number of hydrogen-bond acceptors (Lipinski definition) is 5. The molecule has 0 bridgehead atoms. The number of rotatable bonds is 8. The predicted molar refractivity (Wildman–Crippen MR) is 134 cm³/mol. The van der Waals surface area contributed by atoms with Gasteiger partial charge in [-0.3, -0.25) is 14.5 Å². The van der Waals surface area contributed by atoms with E-state index >= 15 is 0 Å². The minimum Gasteiger partial charge on any atom is -0.496 e. The molecule has 1 heterocycles. The molecule has 2 atom stereocenters. The van der Waals surface area contributed by atoms with Crippen LogP contribution in [0.1, 0.15) is 40.4 Å². The number of methoxy groups -OCH3 is 1. The van der Waals surface area contributed by atoms with Crippen LogP contribution in [-0.4, -0.2) is 42.0 Å². The maximum absolute atomic E-state index is 13.3. The Bertz CT molecular complexity index is 1270. The molecule has 8 heteroatoms. The maximum Gasteiger partial charge on any atom is 0.411 e. The third-order valence-corrected chi connectivity index (χ3v) is 6.30. The summed E-state index contributed by atoms with van der Waals surface area (Å²) in [6, 6.07) is 22.8. The van der Waals surface area contributed by atoms with E-state index in [1.165, 1.54) is 12.0 Å². The lowest BCUT2D eigenvalue weighted by molar-refractivity contribution is -0.126. The first-order valence-corrected chi connectivity index (χ1v) is 11.9. The molecule has 8 nitrogen and oxygen atoms in total. The predicted octanol–water partition coefficient (Wildman–Crippen LogP) is 4.29. The Hall–Kier alpha value is -4.33. The molecular formula is C28H27N3O5. The number of nitrogens with zero attached hydrogens (tertiary/aromatic N) is 1. The van der Waals surface area contributed by atoms with Gasteiger partial charge in [0.1, 0.15) is 5.75 Å². The van der Waals surface area contributed by atoms with Crippen LogP contribution >= 0.6 is 0 Å². The number of cyclic esters (lactones) is 1. The molecule has 1 aliphatic carbocycles. The van der Waals surface area contributed by atoms with Crippen molar-refractivity contribution in [1.29, 1.82) is 0 Å². The van der Waals surface area contributed by atoms with Crippen molar-refractivity contribution in [1.82, 2.24) is 10.2 Å². The third-order valence-electron chi connectivity index (χ3n) is 6.30. The fourth-order valence-electron chi connectivity index (χ4n) is 4.33. The molecule has 3 aromatic rings. The van der Waals surface area contributed by atoms with Crippen molar-refractivity contribution in [3.63, 3.8) is 0 Å². The van der Waals surface area contributed by atoms with Crippen molar-refractivity contribution in [2.24, 2.45) is 0 Å². The van der Waals surface area contributed by atoms with Gasteiger partial charge in [0.15, 0.2) is 12.1 Å². The lowest BCUT2D eigenvalue weighted by Crippen LogP contribution is -2.46. The Morgan fingerprint density at radius 1 is 1.00 bits per heavy atom. The molecule has 3 aromatic carbocycles. The van der Waals surface area contributed by atoms with Crippen LogP contribution in [0.4, 0.5) is 10.5 Å². The highest BCUT2D eigenvalue weighted by Gasteiger charge is 2.48. The molecule has 0 radical (unpaired) electrons. The van der Waals surface area contributed by atoms with Crippen molar-refractivity contribution in [3.05, 3.63) is 95.6 Å². The number of hydrogen-bond donors (Lipinski definition) is 2. The van der Waals surface area contributed by atoms with Gasteiger partial charge in [0.25, 0.3) is 5.91 Å². The zero-order chi connectivity index (χ0) is 25.1. The fourth-order valence-corrected chi connectivity index (χ4v) is 4.33. The number of carbonyl (C=O) groups excluding carboxylic acids is 3. The Morgan fingerprint density at radius 2 is 1.75 bits per heavy atom. The van der Waals surface area contributed by atoms with E-state index in [0.717, 1.165) is 18.4 Å². The van der Waals surface area contributed by atoms with Crippen LogP contribution in [0.5, 0.6) is 5.75 Å². The maximum atomic E-state index is 13.3. The number of nitrogens with one attached hydrogen (secondary N) is 2. The average molecular weight is 486 g/mol. The molecule has 36 heavy (non-hydrogen) atoms. The van der Waals surface area contributed by atoms with Crippen molar-refractivity contribution in [2.45, 2.75) is 37.6 Å². The number of anilines is 1. The summed E-state index contributed by atoms with van der Waals surface area (Å²) in [5, 5.41) is 5.89. The first-order valence-electron chi connectivity index (χ1n) is 11.9. The summed E-state index contributed by atoms with van der Waals surface area (Å²) < 4.78 is 11.0. The second-order valence-corrected chi connectivity index (χ2v) is 8.93. The lowest BCUT2D eigenvalue weighted by Gasteiger charge is -2.24. The van der Waals surface area contributed by atoms with Gasteiger partial charge < -0.3 is 20.1 Å². The topological polar surface area (TPSA) is 97.0 Å². The molecule has 2 N–H and O–H groups in total. The second kappa shape index (κ2) is 10.1. The van der Waals surface area contributed by atoms with Crippen LogP contribution in [0.25, 0.3) is 0 Å². The minimum absolute atomic E-state index is 0.138. The van der Waals surface area contributed by atoms with Crippen LogP contribution in [0.15, 0.2) is 78.9 Å². The third kappa shape index (κ3) is 5.02. The monoisotopic (exact) mass is 485 g/mol. The average Bonchev–Trinajstić information content (AvgIpc) is 3.66. The Morgan fingerprint density at radius 3 is 2.50 bits per heavy atom. The van der Waals surface area contributed by atoms with Gasteiger partial charge in [-0.15, -0.1) is 0 Å². The van der Waals surface area contributed by atoms with E-state index in [9.17, 15) is 14.4 Å². The van der Waals surface area contributed by atoms with Crippen molar-refractivity contribution >= 4 is 23.6 Å². The molecule has 3 amide bonds. The van der Waals surface area contributed by atoms with Crippen LogP contribution in [0.2, 0.25) is 0 Å². The summed E-state index contributed by atoms with van der Waals surface area (Å²) in [5.74, 6) is -0.112. The molecule has 5 rings (SSSR count). The molecule has 184 valence electrons. The highest BCUT2D eigenvalue weighted by atomic mass is 16.6. The molecule has 1 aliphatic heterocycles. The van der Waals surface area contributed by atoms with Crippen LogP contribution in [0, 0.1) is 0 Å². The SMILES string of the molecule is COc1ccccc1C(=O)Nc1cccc(C2OC(=O)N(Cc3ccccc3)C2C(=O)NC2CC2)c1. The molecule has 2 unspecified atom stereocenters. The summed E-state index contributed by atoms with van der Waals surface area (Å²) in [6.07, 6.45) is 0.494. The van der Waals surface area contributed by atoms with E-state index in [0.29, 0.717) is 22.6 Å². The van der Waals surface area contributed by atoms with E-state index < -0.39 is 18.2 Å². The van der Waals surface area contributed by atoms with E-state index in [1.54, 1.807) is 48.5 Å². The zero-order valence-corrected chi connectivity index (χ0v) is 19.8. The molecule has 2 aliphatic rings. The summed E-state index contributed by atoms with van der Waals surface area (Å²) >= 11 is 0. The molecular weight excluding hydrogens is 458 g/mol. The molecule has 0 spiro atoms. The van der Waals surface area contributed by atoms with Gasteiger partial charge in [-0.1, -0.05) is 54.6 Å². The van der Waals surface area contributed by atoms with E-state index in [1.807, 2.05) is 30.3 Å². The van der Waals surface area contributed by atoms with Gasteiger partial charge in [-0.2, -0.15) is 0 Å². The van der Waals surface area contributed by atoms with E-state index in [2.05, 4.69) is 10.6 Å². The Balaban J connectivity index is 1.40. The first-order chi connectivity index (χ1) is 17.5. The van der Waals surface area contributed by atoms with Crippen LogP contribution in [0.3, 0.4) is 0 Å². The van der Waals surface area contributed by atoms with Gasteiger partial charge in [0, 0.05) is 11.7 Å². The fraction of sp³-hybridized carbons (Fsp3) is 0.250. The first kappa shape index (κ1) is 23.4. The highest BCUT2D eigenvalue weighted by Crippen LogP contribution is 2.36. The zero-order valence-electron chi connectivity index (χ0n) is 19.8. The molecule has 1 saturated heterocycles. The standard InChI is InChI=1S/C28H27N3O5/c1-35-23-13-6-5-12-22(23)26(32)30-21-11-7-10-19(16-21)25-24(27(33)29-20-14-15-20)31(28(34)36-25)17-18-8-3-2-4-9-18/h2-13,16,20,24-25H,14-15,17H2,1H3,(H,29,33)(H,30,32). The highest BCUT2D eigenvalue weighted by molar-refractivity contribution is 6.06.